The van der Waals surface area contributed by atoms with Crippen LogP contribution in [0.5, 0.6) is 0 Å². The number of hydrogen-bond donors (Lipinski definition) is 0. The first-order valence-corrected chi connectivity index (χ1v) is 4.91. The Bertz CT molecular complexity index is 292. The fraction of sp³-hybridized carbons (Fsp3) is 0.417. The van der Waals surface area contributed by atoms with Crippen LogP contribution in [0.15, 0.2) is 30.3 Å². The molecular weight excluding hydrogens is 174 g/mol. The summed E-state index contributed by atoms with van der Waals surface area (Å²) in [4.78, 5) is 13.7. The van der Waals surface area contributed by atoms with Crippen LogP contribution in [0, 0.1) is 0 Å². The molecule has 2 nitrogen and oxygen atoms in total. The van der Waals surface area contributed by atoms with Crippen molar-refractivity contribution in [3.05, 3.63) is 35.9 Å². The van der Waals surface area contributed by atoms with Gasteiger partial charge in [0.25, 0.3) is 0 Å². The second kappa shape index (κ2) is 4.91. The maximum atomic E-state index is 11.7. The molecule has 0 aliphatic carbocycles. The molecule has 0 fully saturated rings. The minimum Gasteiger partial charge on any atom is -0.298 e. The minimum atomic E-state index is -0.0961. The Labute approximate surface area is 85.5 Å². The Kier molecular flexibility index (Phi) is 3.84. The molecule has 1 rings (SSSR count). The molecule has 0 spiro atoms. The van der Waals surface area contributed by atoms with Crippen LogP contribution in [-0.2, 0) is 4.79 Å². The molecule has 1 aromatic carbocycles. The van der Waals surface area contributed by atoms with Crippen molar-refractivity contribution in [2.24, 2.45) is 0 Å². The zero-order valence-corrected chi connectivity index (χ0v) is 9.03. The lowest BCUT2D eigenvalue weighted by molar-refractivity contribution is -0.123. The van der Waals surface area contributed by atoms with E-state index in [1.807, 2.05) is 56.3 Å². The normalized spacial score (nSPS) is 12.9. The molecule has 1 aromatic rings. The van der Waals surface area contributed by atoms with Crippen molar-refractivity contribution in [1.82, 2.24) is 4.90 Å². The summed E-state index contributed by atoms with van der Waals surface area (Å²) in [6.45, 7) is 1.90. The first-order valence-electron chi connectivity index (χ1n) is 4.91. The standard InChI is InChI=1S/C12H17NO/c1-4-11(14)12(13(2)3)10-8-6-5-7-9-10/h5-9,12H,4H2,1-3H3/t12-/m1/s1. The van der Waals surface area contributed by atoms with Gasteiger partial charge in [-0.2, -0.15) is 0 Å². The lowest BCUT2D eigenvalue weighted by Gasteiger charge is -2.22. The molecule has 0 amide bonds. The first kappa shape index (κ1) is 10.9. The van der Waals surface area contributed by atoms with Crippen LogP contribution in [0.2, 0.25) is 0 Å². The van der Waals surface area contributed by atoms with E-state index in [4.69, 9.17) is 0 Å². The van der Waals surface area contributed by atoms with Gasteiger partial charge in [0, 0.05) is 6.42 Å². The molecule has 1 atom stereocenters. The summed E-state index contributed by atoms with van der Waals surface area (Å²) in [6, 6.07) is 9.80. The minimum absolute atomic E-state index is 0.0961. The van der Waals surface area contributed by atoms with Gasteiger partial charge in [0.1, 0.15) is 0 Å². The number of nitrogens with zero attached hydrogens (tertiary/aromatic N) is 1. The van der Waals surface area contributed by atoms with E-state index in [0.29, 0.717) is 6.42 Å². The number of carbonyl (C=O) groups is 1. The Balaban J connectivity index is 2.95. The number of hydrogen-bond acceptors (Lipinski definition) is 2. The summed E-state index contributed by atoms with van der Waals surface area (Å²) in [5.74, 6) is 0.265. The fourth-order valence-electron chi connectivity index (χ4n) is 1.60. The molecule has 0 saturated heterocycles. The monoisotopic (exact) mass is 191 g/mol. The van der Waals surface area contributed by atoms with Crippen molar-refractivity contribution >= 4 is 5.78 Å². The highest BCUT2D eigenvalue weighted by molar-refractivity contribution is 5.84. The average Bonchev–Trinajstić information content (AvgIpc) is 2.19. The first-order chi connectivity index (χ1) is 6.66. The van der Waals surface area contributed by atoms with Gasteiger partial charge in [-0.25, -0.2) is 0 Å². The molecule has 0 N–H and O–H groups in total. The van der Waals surface area contributed by atoms with Gasteiger partial charge in [-0.3, -0.25) is 9.69 Å². The van der Waals surface area contributed by atoms with Gasteiger partial charge >= 0.3 is 0 Å². The third kappa shape index (κ3) is 2.42. The van der Waals surface area contributed by atoms with Crippen molar-refractivity contribution in [1.29, 1.82) is 0 Å². The quantitative estimate of drug-likeness (QED) is 0.727. The van der Waals surface area contributed by atoms with Gasteiger partial charge in [0.15, 0.2) is 5.78 Å². The molecule has 0 bridgehead atoms. The summed E-state index contributed by atoms with van der Waals surface area (Å²) in [5, 5.41) is 0. The van der Waals surface area contributed by atoms with Crippen LogP contribution in [0.25, 0.3) is 0 Å². The number of Topliss-reactive ketones (excluding diaryl/α,β-unsaturated/α-hetero) is 1. The molecule has 0 heterocycles. The zero-order chi connectivity index (χ0) is 10.6. The van der Waals surface area contributed by atoms with Crippen LogP contribution < -0.4 is 0 Å². The number of rotatable bonds is 4. The second-order valence-electron chi connectivity index (χ2n) is 3.60. The third-order valence-electron chi connectivity index (χ3n) is 2.29. The maximum absolute atomic E-state index is 11.7. The molecular formula is C12H17NO. The van der Waals surface area contributed by atoms with Crippen LogP contribution in [0.4, 0.5) is 0 Å². The molecule has 0 aliphatic heterocycles. The molecule has 0 aromatic heterocycles. The Morgan fingerprint density at radius 2 is 1.86 bits per heavy atom. The van der Waals surface area contributed by atoms with Crippen LogP contribution >= 0.6 is 0 Å². The van der Waals surface area contributed by atoms with E-state index in [9.17, 15) is 4.79 Å². The van der Waals surface area contributed by atoms with Gasteiger partial charge in [-0.15, -0.1) is 0 Å². The van der Waals surface area contributed by atoms with Gasteiger partial charge in [-0.1, -0.05) is 37.3 Å². The van der Waals surface area contributed by atoms with Gasteiger partial charge in [-0.05, 0) is 19.7 Å². The summed E-state index contributed by atoms with van der Waals surface area (Å²) in [5.41, 5.74) is 1.07. The van der Waals surface area contributed by atoms with Crippen LogP contribution in [-0.4, -0.2) is 24.8 Å². The molecule has 0 saturated carbocycles. The number of likely N-dealkylation sites (N-methyl/N-ethyl adjacent to an activating group) is 1. The lowest BCUT2D eigenvalue weighted by atomic mass is 10.0. The second-order valence-corrected chi connectivity index (χ2v) is 3.60. The Morgan fingerprint density at radius 3 is 2.29 bits per heavy atom. The van der Waals surface area contributed by atoms with E-state index in [1.54, 1.807) is 0 Å². The van der Waals surface area contributed by atoms with Gasteiger partial charge in [0.2, 0.25) is 0 Å². The highest BCUT2D eigenvalue weighted by Gasteiger charge is 2.20. The van der Waals surface area contributed by atoms with E-state index < -0.39 is 0 Å². The predicted molar refractivity (Wildman–Crippen MR) is 58.2 cm³/mol. The summed E-state index contributed by atoms with van der Waals surface area (Å²) >= 11 is 0. The van der Waals surface area contributed by atoms with Crippen LogP contribution in [0.3, 0.4) is 0 Å². The molecule has 2 heteroatoms. The number of benzene rings is 1. The summed E-state index contributed by atoms with van der Waals surface area (Å²) < 4.78 is 0. The third-order valence-corrected chi connectivity index (χ3v) is 2.29. The Morgan fingerprint density at radius 1 is 1.29 bits per heavy atom. The van der Waals surface area contributed by atoms with Gasteiger partial charge < -0.3 is 0 Å². The van der Waals surface area contributed by atoms with E-state index in [1.165, 1.54) is 0 Å². The lowest BCUT2D eigenvalue weighted by Crippen LogP contribution is -2.27. The van der Waals surface area contributed by atoms with Crippen molar-refractivity contribution in [3.8, 4) is 0 Å². The highest BCUT2D eigenvalue weighted by atomic mass is 16.1. The maximum Gasteiger partial charge on any atom is 0.154 e. The molecule has 0 unspecified atom stereocenters. The summed E-state index contributed by atoms with van der Waals surface area (Å²) in [7, 11) is 3.87. The van der Waals surface area contributed by atoms with Crippen LogP contribution in [0.1, 0.15) is 24.9 Å². The SMILES string of the molecule is CCC(=O)[C@@H](c1ccccc1)N(C)C. The van der Waals surface area contributed by atoms with E-state index in [2.05, 4.69) is 0 Å². The van der Waals surface area contributed by atoms with Crippen molar-refractivity contribution in [2.75, 3.05) is 14.1 Å². The van der Waals surface area contributed by atoms with E-state index in [-0.39, 0.29) is 11.8 Å². The van der Waals surface area contributed by atoms with Crippen molar-refractivity contribution in [2.45, 2.75) is 19.4 Å². The largest absolute Gasteiger partial charge is 0.298 e. The predicted octanol–water partition coefficient (Wildman–Crippen LogP) is 2.27. The average molecular weight is 191 g/mol. The topological polar surface area (TPSA) is 20.3 Å². The van der Waals surface area contributed by atoms with Gasteiger partial charge in [0.05, 0.1) is 6.04 Å². The van der Waals surface area contributed by atoms with Crippen molar-refractivity contribution in [3.63, 3.8) is 0 Å². The molecule has 0 radical (unpaired) electrons. The Hall–Kier alpha value is -1.15. The molecule has 0 aliphatic rings. The van der Waals surface area contributed by atoms with Crippen molar-refractivity contribution < 1.29 is 4.79 Å². The summed E-state index contributed by atoms with van der Waals surface area (Å²) in [6.07, 6.45) is 0.581. The van der Waals surface area contributed by atoms with E-state index >= 15 is 0 Å². The fourth-order valence-corrected chi connectivity index (χ4v) is 1.60. The number of ketones is 1. The van der Waals surface area contributed by atoms with E-state index in [0.717, 1.165) is 5.56 Å². The zero-order valence-electron chi connectivity index (χ0n) is 9.03. The highest BCUT2D eigenvalue weighted by Crippen LogP contribution is 2.19. The number of carbonyl (C=O) groups excluding carboxylic acids is 1. The molecule has 14 heavy (non-hydrogen) atoms. The molecule has 76 valence electrons. The smallest absolute Gasteiger partial charge is 0.154 e.